The van der Waals surface area contributed by atoms with Gasteiger partial charge in [0.15, 0.2) is 0 Å². The van der Waals surface area contributed by atoms with Crippen molar-refractivity contribution in [3.05, 3.63) is 200 Å². The largest absolute Gasteiger partial charge is 0.311 e. The third-order valence-electron chi connectivity index (χ3n) is 9.67. The van der Waals surface area contributed by atoms with Crippen molar-refractivity contribution in [3.63, 3.8) is 0 Å². The van der Waals surface area contributed by atoms with E-state index in [1.54, 1.807) is 0 Å². The Balaban J connectivity index is 1.06. The van der Waals surface area contributed by atoms with Crippen LogP contribution in [0.1, 0.15) is 0 Å². The maximum Gasteiger partial charge on any atom is 0.0462 e. The molecule has 9 rings (SSSR count). The lowest BCUT2D eigenvalue weighted by Gasteiger charge is -2.26. The van der Waals surface area contributed by atoms with Gasteiger partial charge >= 0.3 is 0 Å². The first-order valence-corrected chi connectivity index (χ1v) is 16.8. The average molecular weight is 624 g/mol. The minimum Gasteiger partial charge on any atom is -0.311 e. The van der Waals surface area contributed by atoms with Crippen molar-refractivity contribution in [2.24, 2.45) is 0 Å². The van der Waals surface area contributed by atoms with Crippen molar-refractivity contribution in [2.75, 3.05) is 4.90 Å². The first kappa shape index (κ1) is 28.8. The zero-order valence-corrected chi connectivity index (χ0v) is 27.0. The Morgan fingerprint density at radius 1 is 0.204 bits per heavy atom. The van der Waals surface area contributed by atoms with E-state index in [-0.39, 0.29) is 0 Å². The average Bonchev–Trinajstić information content (AvgIpc) is 3.19. The van der Waals surface area contributed by atoms with Crippen LogP contribution in [0.4, 0.5) is 17.1 Å². The molecule has 0 aliphatic heterocycles. The molecule has 0 saturated heterocycles. The Morgan fingerprint density at radius 3 is 1.00 bits per heavy atom. The molecule has 1 heteroatoms. The lowest BCUT2D eigenvalue weighted by atomic mass is 9.92. The van der Waals surface area contributed by atoms with Crippen LogP contribution in [0.3, 0.4) is 0 Å². The standard InChI is InChI=1S/C48H33N/c1-3-11-34(12-4-1)35-19-21-36(22-20-35)37-23-28-41(29-24-37)49(40-13-5-2-6-14-40)42-30-25-38(26-31-42)39-27-32-47-45-17-8-7-15-43(45)44-16-9-10-18-46(44)48(47)33-39/h1-33H. The highest BCUT2D eigenvalue weighted by Gasteiger charge is 2.14. The highest BCUT2D eigenvalue weighted by Crippen LogP contribution is 2.39. The second-order valence-electron chi connectivity index (χ2n) is 12.6. The second-order valence-corrected chi connectivity index (χ2v) is 12.6. The van der Waals surface area contributed by atoms with Crippen molar-refractivity contribution < 1.29 is 0 Å². The Kier molecular flexibility index (Phi) is 7.22. The summed E-state index contributed by atoms with van der Waals surface area (Å²) in [6, 6.07) is 72.3. The molecule has 0 bridgehead atoms. The van der Waals surface area contributed by atoms with Gasteiger partial charge < -0.3 is 4.90 Å². The normalized spacial score (nSPS) is 11.3. The minimum atomic E-state index is 1.12. The summed E-state index contributed by atoms with van der Waals surface area (Å²) in [6.07, 6.45) is 0. The van der Waals surface area contributed by atoms with Gasteiger partial charge in [-0.05, 0) is 108 Å². The fourth-order valence-electron chi connectivity index (χ4n) is 7.20. The van der Waals surface area contributed by atoms with Crippen molar-refractivity contribution in [1.29, 1.82) is 0 Å². The van der Waals surface area contributed by atoms with E-state index in [1.807, 2.05) is 0 Å². The maximum atomic E-state index is 2.36. The highest BCUT2D eigenvalue weighted by molar-refractivity contribution is 6.25. The molecule has 0 aliphatic rings. The first-order chi connectivity index (χ1) is 24.3. The van der Waals surface area contributed by atoms with E-state index in [0.29, 0.717) is 0 Å². The van der Waals surface area contributed by atoms with Crippen LogP contribution in [-0.4, -0.2) is 0 Å². The summed E-state index contributed by atoms with van der Waals surface area (Å²) in [4.78, 5) is 2.33. The molecule has 9 aromatic carbocycles. The number of nitrogens with zero attached hydrogens (tertiary/aromatic N) is 1. The number of para-hydroxylation sites is 1. The summed E-state index contributed by atoms with van der Waals surface area (Å²) in [5.74, 6) is 0. The van der Waals surface area contributed by atoms with E-state index in [2.05, 4.69) is 205 Å². The summed E-state index contributed by atoms with van der Waals surface area (Å²) in [5, 5.41) is 7.77. The zero-order valence-electron chi connectivity index (χ0n) is 27.0. The van der Waals surface area contributed by atoms with E-state index in [1.165, 1.54) is 65.7 Å². The topological polar surface area (TPSA) is 3.24 Å². The van der Waals surface area contributed by atoms with E-state index in [0.717, 1.165) is 17.1 Å². The SMILES string of the molecule is c1ccc(-c2ccc(-c3ccc(N(c4ccccc4)c4ccc(-c5ccc6c7ccccc7c7ccccc7c6c5)cc4)cc3)cc2)cc1. The van der Waals surface area contributed by atoms with Gasteiger partial charge in [-0.2, -0.15) is 0 Å². The van der Waals surface area contributed by atoms with Crippen LogP contribution in [0.5, 0.6) is 0 Å². The zero-order chi connectivity index (χ0) is 32.6. The van der Waals surface area contributed by atoms with E-state index in [9.17, 15) is 0 Å². The van der Waals surface area contributed by atoms with Gasteiger partial charge in [0.1, 0.15) is 0 Å². The van der Waals surface area contributed by atoms with Gasteiger partial charge in [0.05, 0.1) is 0 Å². The third-order valence-corrected chi connectivity index (χ3v) is 9.67. The summed E-state index contributed by atoms with van der Waals surface area (Å²) in [6.45, 7) is 0. The molecule has 0 aromatic heterocycles. The van der Waals surface area contributed by atoms with Crippen LogP contribution in [0.15, 0.2) is 200 Å². The molecule has 0 heterocycles. The van der Waals surface area contributed by atoms with Gasteiger partial charge in [-0.3, -0.25) is 0 Å². The van der Waals surface area contributed by atoms with Gasteiger partial charge in [0.2, 0.25) is 0 Å². The summed E-state index contributed by atoms with van der Waals surface area (Å²) in [7, 11) is 0. The van der Waals surface area contributed by atoms with Crippen molar-refractivity contribution >= 4 is 49.4 Å². The van der Waals surface area contributed by atoms with Crippen molar-refractivity contribution in [1.82, 2.24) is 0 Å². The first-order valence-electron chi connectivity index (χ1n) is 16.8. The van der Waals surface area contributed by atoms with E-state index < -0.39 is 0 Å². The monoisotopic (exact) mass is 623 g/mol. The molecule has 0 unspecified atom stereocenters. The molecule has 0 N–H and O–H groups in total. The number of rotatable bonds is 6. The predicted molar refractivity (Wildman–Crippen MR) is 210 cm³/mol. The van der Waals surface area contributed by atoms with Gasteiger partial charge in [-0.1, -0.05) is 158 Å². The number of hydrogen-bond acceptors (Lipinski definition) is 1. The second kappa shape index (κ2) is 12.3. The lowest BCUT2D eigenvalue weighted by Crippen LogP contribution is -2.09. The van der Waals surface area contributed by atoms with Crippen LogP contribution in [0.25, 0.3) is 65.7 Å². The van der Waals surface area contributed by atoms with Crippen molar-refractivity contribution in [3.8, 4) is 33.4 Å². The van der Waals surface area contributed by atoms with Gasteiger partial charge in [-0.25, -0.2) is 0 Å². The van der Waals surface area contributed by atoms with Crippen molar-refractivity contribution in [2.45, 2.75) is 0 Å². The molecule has 230 valence electrons. The smallest absolute Gasteiger partial charge is 0.0462 e. The van der Waals surface area contributed by atoms with Gasteiger partial charge in [0.25, 0.3) is 0 Å². The summed E-state index contributed by atoms with van der Waals surface area (Å²) >= 11 is 0. The van der Waals surface area contributed by atoms with Crippen LogP contribution >= 0.6 is 0 Å². The molecule has 0 fully saturated rings. The summed E-state index contributed by atoms with van der Waals surface area (Å²) < 4.78 is 0. The molecule has 49 heavy (non-hydrogen) atoms. The minimum absolute atomic E-state index is 1.12. The summed E-state index contributed by atoms with van der Waals surface area (Å²) in [5.41, 5.74) is 10.6. The number of fused-ring (bicyclic) bond motifs is 6. The van der Waals surface area contributed by atoms with Crippen LogP contribution in [0.2, 0.25) is 0 Å². The maximum absolute atomic E-state index is 2.36. The molecule has 0 spiro atoms. The van der Waals surface area contributed by atoms with Gasteiger partial charge in [0, 0.05) is 17.1 Å². The molecule has 9 aromatic rings. The molecular formula is C48H33N. The molecule has 1 nitrogen and oxygen atoms in total. The molecule has 0 aliphatic carbocycles. The third kappa shape index (κ3) is 5.32. The molecule has 0 saturated carbocycles. The fourth-order valence-corrected chi connectivity index (χ4v) is 7.20. The van der Waals surface area contributed by atoms with E-state index >= 15 is 0 Å². The molecule has 0 atom stereocenters. The molecular weight excluding hydrogens is 591 g/mol. The Labute approximate surface area is 287 Å². The number of hydrogen-bond donors (Lipinski definition) is 0. The highest BCUT2D eigenvalue weighted by atomic mass is 15.1. The van der Waals surface area contributed by atoms with Gasteiger partial charge in [-0.15, -0.1) is 0 Å². The number of anilines is 3. The quantitative estimate of drug-likeness (QED) is 0.167. The van der Waals surface area contributed by atoms with Crippen LogP contribution in [0, 0.1) is 0 Å². The molecule has 0 radical (unpaired) electrons. The van der Waals surface area contributed by atoms with Crippen LogP contribution < -0.4 is 4.90 Å². The number of benzene rings is 9. The van der Waals surface area contributed by atoms with Crippen LogP contribution in [-0.2, 0) is 0 Å². The Bertz CT molecular complexity index is 2520. The lowest BCUT2D eigenvalue weighted by molar-refractivity contribution is 1.28. The Morgan fingerprint density at radius 2 is 0.510 bits per heavy atom. The fraction of sp³-hybridized carbons (Fsp3) is 0. The van der Waals surface area contributed by atoms with E-state index in [4.69, 9.17) is 0 Å². The molecule has 0 amide bonds. The predicted octanol–water partition coefficient (Wildman–Crippen LogP) is 13.6. The Hall–Kier alpha value is -6.44.